The molecule has 1 N–H and O–H groups in total. The van der Waals surface area contributed by atoms with Crippen molar-refractivity contribution in [2.24, 2.45) is 0 Å². The van der Waals surface area contributed by atoms with E-state index in [0.29, 0.717) is 43.1 Å². The number of hydrogen-bond acceptors (Lipinski definition) is 9. The molecule has 1 fully saturated rings. The monoisotopic (exact) mass is 479 g/mol. The first kappa shape index (κ1) is 21.8. The van der Waals surface area contributed by atoms with Crippen LogP contribution in [0.25, 0.3) is 16.2 Å². The lowest BCUT2D eigenvalue weighted by molar-refractivity contribution is 0.0697. The first-order valence-corrected chi connectivity index (χ1v) is 11.5. The normalized spacial score (nSPS) is 14.2. The number of carbonyl (C=O) groups is 2. The lowest BCUT2D eigenvalue weighted by Crippen LogP contribution is -2.46. The molecule has 1 aliphatic heterocycles. The van der Waals surface area contributed by atoms with Crippen molar-refractivity contribution >= 4 is 28.2 Å². The van der Waals surface area contributed by atoms with Crippen molar-refractivity contribution in [1.82, 2.24) is 34.8 Å². The van der Waals surface area contributed by atoms with Gasteiger partial charge in [-0.2, -0.15) is 10.1 Å². The van der Waals surface area contributed by atoms with Gasteiger partial charge in [-0.25, -0.2) is 14.3 Å². The number of nitrogens with zero attached hydrogens (tertiary/aromatic N) is 6. The van der Waals surface area contributed by atoms with Gasteiger partial charge in [0.1, 0.15) is 16.3 Å². The molecule has 12 heteroatoms. The van der Waals surface area contributed by atoms with Gasteiger partial charge < -0.3 is 19.7 Å². The first-order valence-electron chi connectivity index (χ1n) is 10.6. The molecule has 0 radical (unpaired) electrons. The summed E-state index contributed by atoms with van der Waals surface area (Å²) in [7, 11) is 1.33. The summed E-state index contributed by atoms with van der Waals surface area (Å²) in [6.07, 6.45) is 7.51. The van der Waals surface area contributed by atoms with E-state index >= 15 is 0 Å². The van der Waals surface area contributed by atoms with Crippen LogP contribution in [0.15, 0.2) is 48.4 Å². The highest BCUT2D eigenvalue weighted by atomic mass is 32.1. The third-order valence-corrected chi connectivity index (χ3v) is 6.33. The lowest BCUT2D eigenvalue weighted by Gasteiger charge is -2.31. The highest BCUT2D eigenvalue weighted by molar-refractivity contribution is 7.16. The smallest absolute Gasteiger partial charge is 0.407 e. The fourth-order valence-corrected chi connectivity index (χ4v) is 4.52. The second kappa shape index (κ2) is 9.43. The molecule has 0 saturated carbocycles. The molecule has 1 aliphatic rings. The number of aromatic nitrogens is 5. The standard InChI is InChI=1S/C22H21N7O4S/c1-32-22(31)25-14-4-7-28(8-5-14)20(30)17-11-18(33-15-3-2-6-23-12-15)27-19(26-17)16-13-24-29-9-10-34-21(16)29/h2-3,6,9-14H,4-5,7-8H2,1H3,(H,25,31). The minimum absolute atomic E-state index is 0.0403. The van der Waals surface area contributed by atoms with E-state index in [9.17, 15) is 9.59 Å². The minimum atomic E-state index is -0.469. The number of amides is 2. The first-order chi connectivity index (χ1) is 16.6. The Morgan fingerprint density at radius 3 is 2.82 bits per heavy atom. The number of likely N-dealkylation sites (tertiary alicyclic amines) is 1. The summed E-state index contributed by atoms with van der Waals surface area (Å²) in [5.74, 6) is 0.853. The molecule has 0 aromatic carbocycles. The van der Waals surface area contributed by atoms with E-state index in [1.165, 1.54) is 24.5 Å². The van der Waals surface area contributed by atoms with Gasteiger partial charge in [0.15, 0.2) is 5.82 Å². The molecule has 5 rings (SSSR count). The number of hydrogen-bond donors (Lipinski definition) is 1. The predicted octanol–water partition coefficient (Wildman–Crippen LogP) is 3.00. The van der Waals surface area contributed by atoms with Crippen molar-refractivity contribution in [2.75, 3.05) is 20.2 Å². The number of fused-ring (bicyclic) bond motifs is 1. The van der Waals surface area contributed by atoms with Gasteiger partial charge in [-0.15, -0.1) is 11.3 Å². The Labute approximate surface area is 198 Å². The molecule has 0 aliphatic carbocycles. The number of alkyl carbamates (subject to hydrolysis) is 1. The molecule has 0 unspecified atom stereocenters. The molecule has 0 atom stereocenters. The predicted molar refractivity (Wildman–Crippen MR) is 123 cm³/mol. The largest absolute Gasteiger partial charge is 0.453 e. The number of pyridine rings is 1. The number of thiazole rings is 1. The molecule has 4 aromatic rings. The van der Waals surface area contributed by atoms with Gasteiger partial charge in [0.25, 0.3) is 5.91 Å². The van der Waals surface area contributed by atoms with E-state index < -0.39 is 6.09 Å². The fourth-order valence-electron chi connectivity index (χ4n) is 3.73. The second-order valence-electron chi connectivity index (χ2n) is 7.62. The Hall–Kier alpha value is -4.06. The van der Waals surface area contributed by atoms with E-state index in [1.807, 2.05) is 11.6 Å². The molecule has 5 heterocycles. The fraction of sp³-hybridized carbons (Fsp3) is 0.273. The molecule has 2 amide bonds. The number of piperidine rings is 1. The van der Waals surface area contributed by atoms with E-state index in [2.05, 4.69) is 30.1 Å². The van der Waals surface area contributed by atoms with Crippen LogP contribution in [0.4, 0.5) is 4.79 Å². The Kier molecular flexibility index (Phi) is 6.04. The highest BCUT2D eigenvalue weighted by Gasteiger charge is 2.27. The van der Waals surface area contributed by atoms with E-state index in [1.54, 1.807) is 40.1 Å². The lowest BCUT2D eigenvalue weighted by atomic mass is 10.0. The van der Waals surface area contributed by atoms with Gasteiger partial charge in [0.2, 0.25) is 5.88 Å². The number of carbonyl (C=O) groups excluding carboxylic acids is 2. The summed E-state index contributed by atoms with van der Waals surface area (Å²) in [5.41, 5.74) is 0.931. The van der Waals surface area contributed by atoms with Gasteiger partial charge in [0.05, 0.1) is 25.1 Å². The average Bonchev–Trinajstić information content (AvgIpc) is 3.49. The van der Waals surface area contributed by atoms with E-state index in [-0.39, 0.29) is 23.5 Å². The zero-order valence-corrected chi connectivity index (χ0v) is 19.1. The molecular formula is C22H21N7O4S. The number of nitrogens with one attached hydrogen (secondary N) is 1. The van der Waals surface area contributed by atoms with Crippen LogP contribution in [0.1, 0.15) is 23.3 Å². The van der Waals surface area contributed by atoms with Crippen molar-refractivity contribution in [2.45, 2.75) is 18.9 Å². The number of rotatable bonds is 5. The van der Waals surface area contributed by atoms with Crippen LogP contribution < -0.4 is 10.1 Å². The Morgan fingerprint density at radius 1 is 1.21 bits per heavy atom. The summed E-state index contributed by atoms with van der Waals surface area (Å²) >= 11 is 1.50. The van der Waals surface area contributed by atoms with Gasteiger partial charge >= 0.3 is 6.09 Å². The maximum atomic E-state index is 13.4. The maximum Gasteiger partial charge on any atom is 0.407 e. The molecule has 0 bridgehead atoms. The van der Waals surface area contributed by atoms with Crippen LogP contribution in [0.3, 0.4) is 0 Å². The molecule has 4 aromatic heterocycles. The van der Waals surface area contributed by atoms with Crippen LogP contribution >= 0.6 is 11.3 Å². The van der Waals surface area contributed by atoms with Gasteiger partial charge in [-0.1, -0.05) is 0 Å². The van der Waals surface area contributed by atoms with Crippen molar-refractivity contribution in [1.29, 1.82) is 0 Å². The van der Waals surface area contributed by atoms with Crippen LogP contribution in [-0.2, 0) is 4.74 Å². The SMILES string of the molecule is COC(=O)NC1CCN(C(=O)c2cc(Oc3cccnc3)nc(-c3cnn4ccsc34)n2)CC1. The van der Waals surface area contributed by atoms with Crippen LogP contribution in [-0.4, -0.2) is 67.7 Å². The van der Waals surface area contributed by atoms with Crippen molar-refractivity contribution in [3.63, 3.8) is 0 Å². The molecular weight excluding hydrogens is 458 g/mol. The van der Waals surface area contributed by atoms with Gasteiger partial charge in [-0.05, 0) is 25.0 Å². The number of ether oxygens (including phenoxy) is 2. The summed E-state index contributed by atoms with van der Waals surface area (Å²) in [6.45, 7) is 0.961. The summed E-state index contributed by atoms with van der Waals surface area (Å²) in [4.78, 5) is 40.6. The molecule has 11 nitrogen and oxygen atoms in total. The third-order valence-electron chi connectivity index (χ3n) is 5.44. The van der Waals surface area contributed by atoms with Crippen LogP contribution in [0.2, 0.25) is 0 Å². The minimum Gasteiger partial charge on any atom is -0.453 e. The quantitative estimate of drug-likeness (QED) is 0.463. The van der Waals surface area contributed by atoms with E-state index in [0.717, 1.165) is 4.83 Å². The van der Waals surface area contributed by atoms with Crippen LogP contribution in [0.5, 0.6) is 11.6 Å². The molecule has 0 spiro atoms. The Morgan fingerprint density at radius 2 is 2.06 bits per heavy atom. The van der Waals surface area contributed by atoms with Gasteiger partial charge in [0, 0.05) is 43.0 Å². The topological polar surface area (TPSA) is 124 Å². The summed E-state index contributed by atoms with van der Waals surface area (Å²) < 4.78 is 12.3. The zero-order chi connectivity index (χ0) is 23.5. The van der Waals surface area contributed by atoms with Gasteiger partial charge in [-0.3, -0.25) is 9.78 Å². The second-order valence-corrected chi connectivity index (χ2v) is 8.51. The van der Waals surface area contributed by atoms with Crippen molar-refractivity contribution < 1.29 is 19.1 Å². The van der Waals surface area contributed by atoms with E-state index in [4.69, 9.17) is 4.74 Å². The van der Waals surface area contributed by atoms with Crippen molar-refractivity contribution in [3.8, 4) is 23.0 Å². The van der Waals surface area contributed by atoms with Crippen molar-refractivity contribution in [3.05, 3.63) is 54.1 Å². The summed E-state index contributed by atoms with van der Waals surface area (Å²) in [6, 6.07) is 5.00. The highest BCUT2D eigenvalue weighted by Crippen LogP contribution is 2.29. The Bertz CT molecular complexity index is 1320. The van der Waals surface area contributed by atoms with Crippen LogP contribution in [0, 0.1) is 0 Å². The maximum absolute atomic E-state index is 13.4. The molecule has 34 heavy (non-hydrogen) atoms. The average molecular weight is 480 g/mol. The molecule has 174 valence electrons. The molecule has 1 saturated heterocycles. The summed E-state index contributed by atoms with van der Waals surface area (Å²) in [5, 5.41) is 9.03. The zero-order valence-electron chi connectivity index (χ0n) is 18.2. The third kappa shape index (κ3) is 4.53. The Balaban J connectivity index is 1.43. The number of methoxy groups -OCH3 is 1.